The molecule has 0 spiro atoms. The van der Waals surface area contributed by atoms with Gasteiger partial charge >= 0.3 is 0 Å². The highest BCUT2D eigenvalue weighted by Gasteiger charge is 2.19. The van der Waals surface area contributed by atoms with Crippen LogP contribution >= 0.6 is 11.3 Å². The van der Waals surface area contributed by atoms with E-state index in [1.54, 1.807) is 18.2 Å². The molecule has 0 radical (unpaired) electrons. The number of hydrogen-bond acceptors (Lipinski definition) is 7. The van der Waals surface area contributed by atoms with E-state index in [1.165, 1.54) is 34.3 Å². The maximum atomic E-state index is 12.5. The van der Waals surface area contributed by atoms with Gasteiger partial charge in [-0.2, -0.15) is 0 Å². The van der Waals surface area contributed by atoms with Gasteiger partial charge in [0.05, 0.1) is 27.9 Å². The Morgan fingerprint density at radius 2 is 1.63 bits per heavy atom. The highest BCUT2D eigenvalue weighted by Crippen LogP contribution is 2.34. The Balaban J connectivity index is 2.16. The van der Waals surface area contributed by atoms with Crippen LogP contribution in [0.1, 0.15) is 17.4 Å². The average molecular weight is 415 g/mol. The molecule has 27 heavy (non-hydrogen) atoms. The van der Waals surface area contributed by atoms with Crippen LogP contribution in [0.15, 0.2) is 28.5 Å². The third kappa shape index (κ3) is 5.34. The number of rotatable bonds is 9. The molecule has 0 saturated carbocycles. The average Bonchev–Trinajstić information content (AvgIpc) is 3.14. The molecular weight excluding hydrogens is 392 g/mol. The van der Waals surface area contributed by atoms with Crippen molar-refractivity contribution in [3.63, 3.8) is 0 Å². The van der Waals surface area contributed by atoms with E-state index in [0.717, 1.165) is 16.2 Å². The maximum Gasteiger partial charge on any atom is 0.250 e. The minimum atomic E-state index is -3.71. The first-order valence-electron chi connectivity index (χ1n) is 7.92. The molecule has 148 valence electrons. The van der Waals surface area contributed by atoms with Crippen LogP contribution in [0.2, 0.25) is 0 Å². The molecule has 0 saturated heterocycles. The number of nitrogens with one attached hydrogen (secondary N) is 2. The van der Waals surface area contributed by atoms with Crippen molar-refractivity contribution in [1.29, 1.82) is 0 Å². The number of thiophene rings is 1. The number of carbonyl (C=O) groups is 1. The van der Waals surface area contributed by atoms with Gasteiger partial charge in [-0.05, 0) is 18.2 Å². The number of hydrogen-bond donors (Lipinski definition) is 2. The molecule has 2 N–H and O–H groups in total. The van der Waals surface area contributed by atoms with Gasteiger partial charge in [0.25, 0.3) is 0 Å². The number of benzene rings is 1. The van der Waals surface area contributed by atoms with Gasteiger partial charge < -0.3 is 19.5 Å². The van der Waals surface area contributed by atoms with Crippen molar-refractivity contribution in [2.45, 2.75) is 24.2 Å². The lowest BCUT2D eigenvalue weighted by molar-refractivity contribution is -0.119. The van der Waals surface area contributed by atoms with Gasteiger partial charge in [0.1, 0.15) is 9.96 Å². The third-order valence-electron chi connectivity index (χ3n) is 3.65. The molecule has 0 atom stereocenters. The van der Waals surface area contributed by atoms with Crippen LogP contribution in [-0.2, 0) is 27.9 Å². The number of carbonyl (C=O) groups excluding carboxylic acids is 1. The monoisotopic (exact) mass is 414 g/mol. The van der Waals surface area contributed by atoms with Crippen LogP contribution in [0.4, 0.5) is 0 Å². The van der Waals surface area contributed by atoms with Crippen LogP contribution in [-0.4, -0.2) is 35.7 Å². The summed E-state index contributed by atoms with van der Waals surface area (Å²) in [7, 11) is 0.794. The number of methoxy groups -OCH3 is 3. The second-order valence-corrected chi connectivity index (χ2v) is 8.64. The Labute approximate surface area is 162 Å². The van der Waals surface area contributed by atoms with Crippen LogP contribution in [0.5, 0.6) is 17.2 Å². The first-order chi connectivity index (χ1) is 12.8. The molecule has 2 rings (SSSR count). The van der Waals surface area contributed by atoms with E-state index < -0.39 is 10.0 Å². The van der Waals surface area contributed by atoms with Gasteiger partial charge in [0.2, 0.25) is 15.9 Å². The molecule has 0 unspecified atom stereocenters. The fourth-order valence-corrected chi connectivity index (χ4v) is 4.63. The first kappa shape index (κ1) is 21.0. The molecule has 0 aliphatic carbocycles. The van der Waals surface area contributed by atoms with E-state index >= 15 is 0 Å². The van der Waals surface area contributed by atoms with E-state index in [4.69, 9.17) is 14.2 Å². The first-order valence-corrected chi connectivity index (χ1v) is 10.2. The molecule has 0 aliphatic heterocycles. The summed E-state index contributed by atoms with van der Waals surface area (Å²) in [5, 5.41) is 2.64. The third-order valence-corrected chi connectivity index (χ3v) is 6.63. The Morgan fingerprint density at radius 3 is 2.22 bits per heavy atom. The standard InChI is InChI=1S/C17H22N2O6S2/c1-11(20)18-10-13-5-6-17(26-13)27(21,22)19-9-12-7-15(24-3)16(25-4)8-14(12)23-2/h5-8,19H,9-10H2,1-4H3,(H,18,20). The maximum absolute atomic E-state index is 12.5. The molecular formula is C17H22N2O6S2. The SMILES string of the molecule is COc1cc(OC)c(OC)cc1CNS(=O)(=O)c1ccc(CNC(C)=O)s1. The van der Waals surface area contributed by atoms with Crippen LogP contribution < -0.4 is 24.2 Å². The van der Waals surface area contributed by atoms with Gasteiger partial charge in [-0.1, -0.05) is 0 Å². The van der Waals surface area contributed by atoms with Crippen molar-refractivity contribution < 1.29 is 27.4 Å². The van der Waals surface area contributed by atoms with E-state index in [0.29, 0.717) is 29.4 Å². The number of amides is 1. The summed E-state index contributed by atoms with van der Waals surface area (Å²) < 4.78 is 43.6. The summed E-state index contributed by atoms with van der Waals surface area (Å²) in [6, 6.07) is 6.48. The Kier molecular flexibility index (Phi) is 7.05. The molecule has 10 heteroatoms. The molecule has 1 aromatic heterocycles. The topological polar surface area (TPSA) is 103 Å². The fourth-order valence-electron chi connectivity index (χ4n) is 2.28. The molecule has 0 aliphatic rings. The van der Waals surface area contributed by atoms with E-state index in [1.807, 2.05) is 0 Å². The second-order valence-electron chi connectivity index (χ2n) is 5.47. The van der Waals surface area contributed by atoms with Gasteiger partial charge in [-0.25, -0.2) is 13.1 Å². The van der Waals surface area contributed by atoms with Crippen molar-refractivity contribution in [3.05, 3.63) is 34.7 Å². The van der Waals surface area contributed by atoms with E-state index in [9.17, 15) is 13.2 Å². The zero-order chi connectivity index (χ0) is 20.0. The van der Waals surface area contributed by atoms with Gasteiger partial charge in [-0.3, -0.25) is 4.79 Å². The van der Waals surface area contributed by atoms with E-state index in [2.05, 4.69) is 10.0 Å². The van der Waals surface area contributed by atoms with Crippen molar-refractivity contribution in [1.82, 2.24) is 10.0 Å². The summed E-state index contributed by atoms with van der Waals surface area (Å²) in [6.07, 6.45) is 0. The molecule has 2 aromatic rings. The minimum absolute atomic E-state index is 0.0186. The van der Waals surface area contributed by atoms with Crippen molar-refractivity contribution in [3.8, 4) is 17.2 Å². The van der Waals surface area contributed by atoms with E-state index in [-0.39, 0.29) is 16.7 Å². The van der Waals surface area contributed by atoms with Crippen molar-refractivity contribution >= 4 is 27.3 Å². The molecule has 1 amide bonds. The highest BCUT2D eigenvalue weighted by atomic mass is 32.2. The summed E-state index contributed by atoms with van der Waals surface area (Å²) >= 11 is 1.10. The Hall–Kier alpha value is -2.30. The molecule has 0 bridgehead atoms. The zero-order valence-electron chi connectivity index (χ0n) is 15.5. The normalized spacial score (nSPS) is 11.1. The second kappa shape index (κ2) is 9.07. The summed E-state index contributed by atoms with van der Waals surface area (Å²) in [5.74, 6) is 1.27. The summed E-state index contributed by atoms with van der Waals surface area (Å²) in [6.45, 7) is 1.72. The lowest BCUT2D eigenvalue weighted by Crippen LogP contribution is -2.22. The molecule has 0 fully saturated rings. The van der Waals surface area contributed by atoms with Gasteiger partial charge in [-0.15, -0.1) is 11.3 Å². The van der Waals surface area contributed by atoms with Crippen LogP contribution in [0, 0.1) is 0 Å². The van der Waals surface area contributed by atoms with Gasteiger partial charge in [0.15, 0.2) is 11.5 Å². The quantitative estimate of drug-likeness (QED) is 0.650. The van der Waals surface area contributed by atoms with Crippen LogP contribution in [0.3, 0.4) is 0 Å². The number of sulfonamides is 1. The smallest absolute Gasteiger partial charge is 0.250 e. The Bertz CT molecular complexity index is 908. The predicted molar refractivity (Wildman–Crippen MR) is 102 cm³/mol. The summed E-state index contributed by atoms with van der Waals surface area (Å²) in [4.78, 5) is 11.7. The zero-order valence-corrected chi connectivity index (χ0v) is 17.1. The lowest BCUT2D eigenvalue weighted by Gasteiger charge is -2.14. The molecule has 1 heterocycles. The predicted octanol–water partition coefficient (Wildman–Crippen LogP) is 1.89. The van der Waals surface area contributed by atoms with Crippen molar-refractivity contribution in [2.24, 2.45) is 0 Å². The van der Waals surface area contributed by atoms with Crippen molar-refractivity contribution in [2.75, 3.05) is 21.3 Å². The fraction of sp³-hybridized carbons (Fsp3) is 0.353. The van der Waals surface area contributed by atoms with Gasteiger partial charge in [0, 0.05) is 30.0 Å². The lowest BCUT2D eigenvalue weighted by atomic mass is 10.1. The highest BCUT2D eigenvalue weighted by molar-refractivity contribution is 7.91. The largest absolute Gasteiger partial charge is 0.496 e. The number of ether oxygens (including phenoxy) is 3. The van der Waals surface area contributed by atoms with Crippen LogP contribution in [0.25, 0.3) is 0 Å². The Morgan fingerprint density at radius 1 is 1.00 bits per heavy atom. The molecule has 8 nitrogen and oxygen atoms in total. The molecule has 1 aromatic carbocycles. The minimum Gasteiger partial charge on any atom is -0.496 e. The summed E-state index contributed by atoms with van der Waals surface area (Å²) in [5.41, 5.74) is 0.605.